The molecule has 1 aliphatic rings. The lowest BCUT2D eigenvalue weighted by Crippen LogP contribution is -2.20. The van der Waals surface area contributed by atoms with E-state index in [1.54, 1.807) is 22.9 Å². The quantitative estimate of drug-likeness (QED) is 0.358. The van der Waals surface area contributed by atoms with Gasteiger partial charge in [-0.1, -0.05) is 91.0 Å². The van der Waals surface area contributed by atoms with Gasteiger partial charge in [-0.2, -0.15) is 4.98 Å². The molecule has 0 saturated carbocycles. The Kier molecular flexibility index (Phi) is 5.08. The van der Waals surface area contributed by atoms with Crippen molar-refractivity contribution >= 4 is 38.4 Å². The van der Waals surface area contributed by atoms with Gasteiger partial charge < -0.3 is 5.32 Å². The van der Waals surface area contributed by atoms with E-state index in [1.807, 2.05) is 84.9 Å². The van der Waals surface area contributed by atoms with E-state index < -0.39 is 10.0 Å². The second kappa shape index (κ2) is 8.41. The fraction of sp³-hybridized carbons (Fsp3) is 0.0370. The van der Waals surface area contributed by atoms with E-state index in [4.69, 9.17) is 0 Å². The number of hydrogen-bond donors (Lipinski definition) is 2. The van der Waals surface area contributed by atoms with Gasteiger partial charge in [0.15, 0.2) is 0 Å². The van der Waals surface area contributed by atoms with Crippen molar-refractivity contribution < 1.29 is 8.42 Å². The summed E-state index contributed by atoms with van der Waals surface area (Å²) in [5, 5.41) is 9.63. The first-order chi connectivity index (χ1) is 17.1. The SMILES string of the molecule is O=S(=O)(Nc1nc2n(n1)[C@@H](c1ccccc1)C=C(c1ccccc1)N2)c1ccc2ccccc2c1. The Balaban J connectivity index is 1.37. The van der Waals surface area contributed by atoms with Crippen LogP contribution in [0.2, 0.25) is 0 Å². The lowest BCUT2D eigenvalue weighted by molar-refractivity contribution is 0.599. The number of sulfonamides is 1. The van der Waals surface area contributed by atoms with Gasteiger partial charge in [-0.05, 0) is 40.1 Å². The number of nitrogens with zero attached hydrogens (tertiary/aromatic N) is 3. The maximum Gasteiger partial charge on any atom is 0.264 e. The fourth-order valence-corrected chi connectivity index (χ4v) is 5.20. The van der Waals surface area contributed by atoms with E-state index in [1.165, 1.54) is 0 Å². The number of fused-ring (bicyclic) bond motifs is 2. The molecule has 6 rings (SSSR count). The van der Waals surface area contributed by atoms with Crippen LogP contribution in [0.4, 0.5) is 11.9 Å². The first kappa shape index (κ1) is 21.1. The van der Waals surface area contributed by atoms with Crippen LogP contribution in [0.25, 0.3) is 16.5 Å². The van der Waals surface area contributed by atoms with Crippen LogP contribution in [-0.4, -0.2) is 23.2 Å². The molecule has 0 bridgehead atoms. The summed E-state index contributed by atoms with van der Waals surface area (Å²) < 4.78 is 30.6. The van der Waals surface area contributed by atoms with Gasteiger partial charge >= 0.3 is 0 Å². The van der Waals surface area contributed by atoms with E-state index in [-0.39, 0.29) is 16.9 Å². The number of hydrogen-bond acceptors (Lipinski definition) is 5. The highest BCUT2D eigenvalue weighted by atomic mass is 32.2. The highest BCUT2D eigenvalue weighted by Crippen LogP contribution is 2.33. The third-order valence-electron chi connectivity index (χ3n) is 5.95. The van der Waals surface area contributed by atoms with Gasteiger partial charge in [0, 0.05) is 5.70 Å². The number of allylic oxidation sites excluding steroid dienone is 1. The van der Waals surface area contributed by atoms with Crippen molar-refractivity contribution in [3.8, 4) is 0 Å². The molecule has 172 valence electrons. The van der Waals surface area contributed by atoms with Crippen molar-refractivity contribution in [3.05, 3.63) is 120 Å². The van der Waals surface area contributed by atoms with Crippen LogP contribution in [0, 0.1) is 0 Å². The first-order valence-corrected chi connectivity index (χ1v) is 12.6. The molecule has 2 N–H and O–H groups in total. The maximum absolute atomic E-state index is 13.2. The molecule has 35 heavy (non-hydrogen) atoms. The minimum absolute atomic E-state index is 0.00398. The second-order valence-corrected chi connectivity index (χ2v) is 9.93. The summed E-state index contributed by atoms with van der Waals surface area (Å²) in [6.07, 6.45) is 2.06. The van der Waals surface area contributed by atoms with Crippen molar-refractivity contribution in [1.82, 2.24) is 14.8 Å². The maximum atomic E-state index is 13.2. The van der Waals surface area contributed by atoms with Crippen LogP contribution >= 0.6 is 0 Å². The highest BCUT2D eigenvalue weighted by molar-refractivity contribution is 7.92. The molecule has 2 heterocycles. The standard InChI is InChI=1S/C27H21N5O2S/c33-35(34,23-16-15-19-9-7-8-14-22(19)17-23)31-26-29-27-28-24(20-10-3-1-4-11-20)18-25(32(27)30-26)21-12-5-2-6-13-21/h1-18,25H,(H2,28,29,30,31)/t25-/m1/s1. The topological polar surface area (TPSA) is 88.9 Å². The Morgan fingerprint density at radius 1 is 0.800 bits per heavy atom. The van der Waals surface area contributed by atoms with Gasteiger partial charge in [-0.3, -0.25) is 0 Å². The summed E-state index contributed by atoms with van der Waals surface area (Å²) in [6, 6.07) is 32.2. The zero-order valence-electron chi connectivity index (χ0n) is 18.5. The van der Waals surface area contributed by atoms with Gasteiger partial charge in [-0.15, -0.1) is 5.10 Å². The second-order valence-electron chi connectivity index (χ2n) is 8.24. The van der Waals surface area contributed by atoms with E-state index in [0.717, 1.165) is 27.6 Å². The van der Waals surface area contributed by atoms with E-state index in [0.29, 0.717) is 5.95 Å². The van der Waals surface area contributed by atoms with Crippen LogP contribution < -0.4 is 10.0 Å². The number of nitrogens with one attached hydrogen (secondary N) is 2. The zero-order chi connectivity index (χ0) is 23.8. The molecule has 8 heteroatoms. The molecule has 0 radical (unpaired) electrons. The average Bonchev–Trinajstić information content (AvgIpc) is 3.30. The molecule has 0 saturated heterocycles. The number of benzene rings is 4. The predicted octanol–water partition coefficient (Wildman–Crippen LogP) is 5.29. The fourth-order valence-electron chi connectivity index (χ4n) is 4.22. The summed E-state index contributed by atoms with van der Waals surface area (Å²) in [5.41, 5.74) is 2.89. The normalized spacial score (nSPS) is 15.2. The Bertz CT molecular complexity index is 1660. The lowest BCUT2D eigenvalue weighted by atomic mass is 10.0. The molecule has 0 amide bonds. The first-order valence-electron chi connectivity index (χ1n) is 11.1. The Hall–Kier alpha value is -4.43. The van der Waals surface area contributed by atoms with E-state index in [9.17, 15) is 8.42 Å². The summed E-state index contributed by atoms with van der Waals surface area (Å²) >= 11 is 0. The van der Waals surface area contributed by atoms with Gasteiger partial charge in [-0.25, -0.2) is 17.8 Å². The smallest absolute Gasteiger partial charge is 0.264 e. The number of rotatable bonds is 5. The van der Waals surface area contributed by atoms with Gasteiger partial charge in [0.25, 0.3) is 16.0 Å². The minimum Gasteiger partial charge on any atom is -0.324 e. The summed E-state index contributed by atoms with van der Waals surface area (Å²) in [5.74, 6) is 0.459. The average molecular weight is 480 g/mol. The number of anilines is 2. The third kappa shape index (κ3) is 4.04. The Labute approximate surface area is 202 Å². The Morgan fingerprint density at radius 3 is 2.26 bits per heavy atom. The number of aromatic nitrogens is 3. The molecule has 1 atom stereocenters. The van der Waals surface area contributed by atoms with Gasteiger partial charge in [0.2, 0.25) is 5.95 Å². The molecular formula is C27H21N5O2S. The van der Waals surface area contributed by atoms with E-state index >= 15 is 0 Å². The molecule has 0 aliphatic carbocycles. The van der Waals surface area contributed by atoms with Crippen molar-refractivity contribution in [2.45, 2.75) is 10.9 Å². The van der Waals surface area contributed by atoms with Crippen molar-refractivity contribution in [2.75, 3.05) is 10.0 Å². The summed E-state index contributed by atoms with van der Waals surface area (Å²) in [6.45, 7) is 0. The Morgan fingerprint density at radius 2 is 1.49 bits per heavy atom. The van der Waals surface area contributed by atoms with Crippen LogP contribution in [-0.2, 0) is 10.0 Å². The van der Waals surface area contributed by atoms with E-state index in [2.05, 4.69) is 26.2 Å². The molecule has 7 nitrogen and oxygen atoms in total. The van der Waals surface area contributed by atoms with Crippen molar-refractivity contribution in [3.63, 3.8) is 0 Å². The molecule has 0 unspecified atom stereocenters. The zero-order valence-corrected chi connectivity index (χ0v) is 19.4. The molecule has 0 fully saturated rings. The van der Waals surface area contributed by atoms with Gasteiger partial charge in [0.1, 0.15) is 6.04 Å². The van der Waals surface area contributed by atoms with Crippen LogP contribution in [0.5, 0.6) is 0 Å². The highest BCUT2D eigenvalue weighted by Gasteiger charge is 2.27. The largest absolute Gasteiger partial charge is 0.324 e. The van der Waals surface area contributed by atoms with Crippen molar-refractivity contribution in [2.24, 2.45) is 0 Å². The van der Waals surface area contributed by atoms with Crippen LogP contribution in [0.3, 0.4) is 0 Å². The third-order valence-corrected chi connectivity index (χ3v) is 7.27. The summed E-state index contributed by atoms with van der Waals surface area (Å²) in [7, 11) is -3.89. The summed E-state index contributed by atoms with van der Waals surface area (Å²) in [4.78, 5) is 4.64. The lowest BCUT2D eigenvalue weighted by Gasteiger charge is -2.24. The minimum atomic E-state index is -3.89. The molecule has 1 aromatic heterocycles. The van der Waals surface area contributed by atoms with Gasteiger partial charge in [0.05, 0.1) is 4.90 Å². The molecular weight excluding hydrogens is 458 g/mol. The molecule has 0 spiro atoms. The molecule has 1 aliphatic heterocycles. The van der Waals surface area contributed by atoms with Crippen LogP contribution in [0.15, 0.2) is 114 Å². The van der Waals surface area contributed by atoms with Crippen LogP contribution in [0.1, 0.15) is 17.2 Å². The monoisotopic (exact) mass is 479 g/mol. The van der Waals surface area contributed by atoms with Crippen molar-refractivity contribution in [1.29, 1.82) is 0 Å². The molecule has 5 aromatic rings. The molecule has 4 aromatic carbocycles. The predicted molar refractivity (Wildman–Crippen MR) is 137 cm³/mol.